The molecule has 1 aliphatic rings. The number of carbonyl (C=O) groups is 1. The first kappa shape index (κ1) is 22.0. The van der Waals surface area contributed by atoms with Crippen molar-refractivity contribution < 1.29 is 13.6 Å². The van der Waals surface area contributed by atoms with E-state index in [2.05, 4.69) is 51.1 Å². The second-order valence-corrected chi connectivity index (χ2v) is 8.69. The zero-order valence-corrected chi connectivity index (χ0v) is 18.7. The van der Waals surface area contributed by atoms with Gasteiger partial charge in [-0.1, -0.05) is 0 Å². The fourth-order valence-corrected chi connectivity index (χ4v) is 3.82. The average Bonchev–Trinajstić information content (AvgIpc) is 3.28. The number of nitrogens with zero attached hydrogens (tertiary/aromatic N) is 7. The number of nitrogens with one attached hydrogen (secondary N) is 1. The Labute approximate surface area is 184 Å². The molecule has 1 atom stereocenters. The molecule has 3 aromatic heterocycles. The largest absolute Gasteiger partial charge is 0.353 e. The first-order valence-corrected chi connectivity index (χ1v) is 10.3. The molecule has 0 aliphatic carbocycles. The highest BCUT2D eigenvalue weighted by atomic mass is 19.3. The summed E-state index contributed by atoms with van der Waals surface area (Å²) < 4.78 is 29.2. The van der Waals surface area contributed by atoms with E-state index in [1.165, 1.54) is 23.9 Å². The molecule has 1 saturated heterocycles. The van der Waals surface area contributed by atoms with Gasteiger partial charge in [-0.05, 0) is 27.4 Å². The maximum Gasteiger partial charge on any atom is 0.303 e. The van der Waals surface area contributed by atoms with Crippen LogP contribution in [0.25, 0.3) is 16.7 Å². The number of hydrogen-bond acceptors (Lipinski definition) is 7. The summed E-state index contributed by atoms with van der Waals surface area (Å²) in [5, 5.41) is 8.14. The number of halogens is 2. The Bertz CT molecular complexity index is 1170. The third-order valence-electron chi connectivity index (χ3n) is 5.93. The molecule has 3 aromatic rings. The van der Waals surface area contributed by atoms with Gasteiger partial charge in [0.05, 0.1) is 10.9 Å². The lowest BCUT2D eigenvalue weighted by Crippen LogP contribution is -2.43. The summed E-state index contributed by atoms with van der Waals surface area (Å²) in [7, 11) is 4.10. The number of amides is 1. The van der Waals surface area contributed by atoms with Gasteiger partial charge in [0.25, 0.3) is 0 Å². The monoisotopic (exact) mass is 444 g/mol. The second kappa shape index (κ2) is 7.73. The van der Waals surface area contributed by atoms with E-state index in [1.54, 1.807) is 12.3 Å². The van der Waals surface area contributed by atoms with Crippen LogP contribution in [0.2, 0.25) is 0 Å². The van der Waals surface area contributed by atoms with Crippen molar-refractivity contribution in [1.29, 1.82) is 0 Å². The summed E-state index contributed by atoms with van der Waals surface area (Å²) in [6, 6.07) is 3.19. The molecule has 0 spiro atoms. The summed E-state index contributed by atoms with van der Waals surface area (Å²) in [6.45, 7) is 5.88. The van der Waals surface area contributed by atoms with Gasteiger partial charge in [0.2, 0.25) is 11.7 Å². The van der Waals surface area contributed by atoms with Crippen LogP contribution < -0.4 is 10.2 Å². The predicted octanol–water partition coefficient (Wildman–Crippen LogP) is 2.81. The third kappa shape index (κ3) is 3.99. The minimum atomic E-state index is -3.19. The van der Waals surface area contributed by atoms with Gasteiger partial charge in [0.1, 0.15) is 5.82 Å². The number of rotatable bonds is 5. The molecule has 4 rings (SSSR count). The van der Waals surface area contributed by atoms with Crippen LogP contribution in [0.3, 0.4) is 0 Å². The van der Waals surface area contributed by atoms with Crippen LogP contribution in [0.1, 0.15) is 33.0 Å². The molecule has 0 bridgehead atoms. The van der Waals surface area contributed by atoms with Gasteiger partial charge in [-0.15, -0.1) is 5.10 Å². The van der Waals surface area contributed by atoms with E-state index in [4.69, 9.17) is 5.10 Å². The van der Waals surface area contributed by atoms with Gasteiger partial charge in [-0.3, -0.25) is 4.79 Å². The Morgan fingerprint density at radius 1 is 1.31 bits per heavy atom. The molecule has 11 heteroatoms. The van der Waals surface area contributed by atoms with Crippen molar-refractivity contribution in [2.75, 3.05) is 37.4 Å². The number of anilines is 2. The first-order chi connectivity index (χ1) is 15.0. The van der Waals surface area contributed by atoms with E-state index in [0.29, 0.717) is 17.2 Å². The van der Waals surface area contributed by atoms with Crippen molar-refractivity contribution in [3.05, 3.63) is 30.4 Å². The van der Waals surface area contributed by atoms with E-state index < -0.39 is 11.7 Å². The van der Waals surface area contributed by atoms with Crippen molar-refractivity contribution >= 4 is 28.4 Å². The highest BCUT2D eigenvalue weighted by molar-refractivity contribution is 5.95. The Kier molecular flexibility index (Phi) is 5.32. The topological polar surface area (TPSA) is 92.1 Å². The highest BCUT2D eigenvalue weighted by Gasteiger charge is 2.37. The van der Waals surface area contributed by atoms with Crippen LogP contribution in [0.15, 0.2) is 24.5 Å². The highest BCUT2D eigenvalue weighted by Crippen LogP contribution is 2.35. The second-order valence-electron chi connectivity index (χ2n) is 8.69. The molecule has 9 nitrogen and oxygen atoms in total. The minimum Gasteiger partial charge on any atom is -0.353 e. The Morgan fingerprint density at radius 2 is 2.06 bits per heavy atom. The van der Waals surface area contributed by atoms with E-state index in [0.717, 1.165) is 31.8 Å². The van der Waals surface area contributed by atoms with Gasteiger partial charge in [0.15, 0.2) is 11.6 Å². The van der Waals surface area contributed by atoms with Crippen LogP contribution in [-0.2, 0) is 10.7 Å². The molecule has 1 N–H and O–H groups in total. The van der Waals surface area contributed by atoms with Crippen molar-refractivity contribution in [2.45, 2.75) is 38.7 Å². The Hall–Kier alpha value is -3.21. The molecule has 1 amide bonds. The maximum atomic E-state index is 13.9. The molecular weight excluding hydrogens is 418 g/mol. The lowest BCUT2D eigenvalue weighted by atomic mass is 10.0. The summed E-state index contributed by atoms with van der Waals surface area (Å²) in [6.07, 6.45) is 3.88. The molecule has 0 saturated carbocycles. The van der Waals surface area contributed by atoms with Crippen molar-refractivity contribution in [1.82, 2.24) is 29.6 Å². The summed E-state index contributed by atoms with van der Waals surface area (Å²) in [5.74, 6) is -2.80. The van der Waals surface area contributed by atoms with Crippen LogP contribution >= 0.6 is 0 Å². The van der Waals surface area contributed by atoms with E-state index >= 15 is 0 Å². The van der Waals surface area contributed by atoms with E-state index in [1.807, 2.05) is 0 Å². The molecule has 4 heterocycles. The molecule has 0 radical (unpaired) electrons. The maximum absolute atomic E-state index is 13.9. The minimum absolute atomic E-state index is 0.0218. The van der Waals surface area contributed by atoms with Crippen LogP contribution in [0.4, 0.5) is 20.4 Å². The van der Waals surface area contributed by atoms with Crippen molar-refractivity contribution in [3.63, 3.8) is 0 Å². The molecule has 0 aromatic carbocycles. The number of fused-ring (bicyclic) bond motifs is 1. The van der Waals surface area contributed by atoms with Gasteiger partial charge >= 0.3 is 5.92 Å². The van der Waals surface area contributed by atoms with E-state index in [-0.39, 0.29) is 17.3 Å². The molecule has 170 valence electrons. The lowest BCUT2D eigenvalue weighted by molar-refractivity contribution is -0.114. The van der Waals surface area contributed by atoms with Crippen LogP contribution in [0.5, 0.6) is 0 Å². The van der Waals surface area contributed by atoms with Gasteiger partial charge in [-0.2, -0.15) is 8.78 Å². The molecular formula is C21H26F2N8O. The molecule has 1 unspecified atom stereocenters. The number of hydrogen-bond donors (Lipinski definition) is 1. The SMILES string of the molecule is CC(=O)Nc1cc2c(cn1)c(N1CCC(C)(N(C)C)C1)nn2-c1ccnc(C(C)(F)F)n1. The van der Waals surface area contributed by atoms with Crippen LogP contribution in [-0.4, -0.2) is 68.3 Å². The quantitative estimate of drug-likeness (QED) is 0.647. The Morgan fingerprint density at radius 3 is 2.69 bits per heavy atom. The molecule has 1 fully saturated rings. The van der Waals surface area contributed by atoms with Crippen molar-refractivity contribution in [3.8, 4) is 5.82 Å². The van der Waals surface area contributed by atoms with Crippen molar-refractivity contribution in [2.24, 2.45) is 0 Å². The number of carbonyl (C=O) groups excluding carboxylic acids is 1. The smallest absolute Gasteiger partial charge is 0.303 e. The number of aromatic nitrogens is 5. The van der Waals surface area contributed by atoms with Gasteiger partial charge in [0, 0.05) is 57.0 Å². The summed E-state index contributed by atoms with van der Waals surface area (Å²) in [4.78, 5) is 28.0. The Balaban J connectivity index is 1.86. The number of pyridine rings is 1. The summed E-state index contributed by atoms with van der Waals surface area (Å²) in [5.41, 5.74) is 0.577. The van der Waals surface area contributed by atoms with Gasteiger partial charge in [-0.25, -0.2) is 19.6 Å². The number of alkyl halides is 2. The normalized spacial score (nSPS) is 19.2. The lowest BCUT2D eigenvalue weighted by Gasteiger charge is -2.32. The zero-order chi connectivity index (χ0) is 23.3. The predicted molar refractivity (Wildman–Crippen MR) is 117 cm³/mol. The average molecular weight is 444 g/mol. The fraction of sp³-hybridized carbons (Fsp3) is 0.476. The third-order valence-corrected chi connectivity index (χ3v) is 5.93. The molecule has 32 heavy (non-hydrogen) atoms. The van der Waals surface area contributed by atoms with Crippen LogP contribution in [0, 0.1) is 0 Å². The summed E-state index contributed by atoms with van der Waals surface area (Å²) >= 11 is 0. The molecule has 1 aliphatic heterocycles. The fourth-order valence-electron chi connectivity index (χ4n) is 3.82. The standard InChI is InChI=1S/C21H26F2N8O/c1-13(32)26-16-10-15-14(11-25-16)18(30-9-7-20(2,12-30)29(4)5)28-31(15)17-6-8-24-19(27-17)21(3,22)23/h6,8,10-11H,7,9,12H2,1-5H3,(H,25,26,32). The number of likely N-dealkylation sites (N-methyl/N-ethyl adjacent to an activating group) is 1. The van der Waals surface area contributed by atoms with E-state index in [9.17, 15) is 13.6 Å². The van der Waals surface area contributed by atoms with Gasteiger partial charge < -0.3 is 15.1 Å². The first-order valence-electron chi connectivity index (χ1n) is 10.3. The zero-order valence-electron chi connectivity index (χ0n) is 18.7.